The van der Waals surface area contributed by atoms with Crippen LogP contribution in [0.2, 0.25) is 0 Å². The summed E-state index contributed by atoms with van der Waals surface area (Å²) in [6.07, 6.45) is 0.662. The molecular weight excluding hydrogens is 454 g/mol. The van der Waals surface area contributed by atoms with E-state index >= 15 is 0 Å². The first-order valence-corrected chi connectivity index (χ1v) is 12.7. The van der Waals surface area contributed by atoms with E-state index in [4.69, 9.17) is 4.74 Å². The van der Waals surface area contributed by atoms with Gasteiger partial charge in [-0.2, -0.15) is 0 Å². The third-order valence-corrected chi connectivity index (χ3v) is 8.23. The van der Waals surface area contributed by atoms with E-state index in [2.05, 4.69) is 10.0 Å². The molecule has 1 aromatic carbocycles. The number of morpholine rings is 1. The van der Waals surface area contributed by atoms with Crippen LogP contribution in [0.25, 0.3) is 0 Å². The number of anilines is 2. The first-order valence-electron chi connectivity index (χ1n) is 11.2. The molecule has 2 heterocycles. The van der Waals surface area contributed by atoms with E-state index in [1.165, 1.54) is 17.0 Å². The molecular formula is C22H34F2N4O4S. The molecule has 2 fully saturated rings. The number of sulfonamides is 1. The lowest BCUT2D eigenvalue weighted by atomic mass is 10.1. The Morgan fingerprint density at radius 1 is 1.06 bits per heavy atom. The van der Waals surface area contributed by atoms with Gasteiger partial charge in [0.15, 0.2) is 11.6 Å². The van der Waals surface area contributed by atoms with Crippen LogP contribution in [0.3, 0.4) is 0 Å². The Kier molecular flexibility index (Phi) is 7.55. The molecule has 11 heteroatoms. The molecule has 0 spiro atoms. The quantitative estimate of drug-likeness (QED) is 0.679. The SMILES string of the molecule is C[C@@H]1CN(c2ccc(NC(=O)N3CCC(NS(=O)(=O)C(C)(C)C)CC3)c(F)c2F)C[C@H](C)O1. The normalized spacial score (nSPS) is 23.0. The number of carbonyl (C=O) groups excluding carboxylic acids is 1. The molecule has 0 bridgehead atoms. The fourth-order valence-electron chi connectivity index (χ4n) is 4.05. The van der Waals surface area contributed by atoms with Crippen LogP contribution in [0.4, 0.5) is 25.0 Å². The number of benzene rings is 1. The van der Waals surface area contributed by atoms with E-state index in [1.54, 1.807) is 25.7 Å². The minimum Gasteiger partial charge on any atom is -0.372 e. The van der Waals surface area contributed by atoms with Crippen LogP contribution >= 0.6 is 0 Å². The molecule has 2 aliphatic heterocycles. The molecule has 0 radical (unpaired) electrons. The predicted molar refractivity (Wildman–Crippen MR) is 124 cm³/mol. The smallest absolute Gasteiger partial charge is 0.321 e. The topological polar surface area (TPSA) is 91.0 Å². The molecule has 3 rings (SSSR count). The largest absolute Gasteiger partial charge is 0.372 e. The molecule has 2 saturated heterocycles. The summed E-state index contributed by atoms with van der Waals surface area (Å²) in [7, 11) is -3.49. The monoisotopic (exact) mass is 488 g/mol. The summed E-state index contributed by atoms with van der Waals surface area (Å²) < 4.78 is 61.6. The molecule has 2 atom stereocenters. The van der Waals surface area contributed by atoms with Gasteiger partial charge in [0.25, 0.3) is 0 Å². The van der Waals surface area contributed by atoms with Crippen molar-refractivity contribution < 1.29 is 26.7 Å². The van der Waals surface area contributed by atoms with Crippen molar-refractivity contribution in [3.05, 3.63) is 23.8 Å². The summed E-state index contributed by atoms with van der Waals surface area (Å²) in [5.41, 5.74) is -0.0920. The van der Waals surface area contributed by atoms with Crippen LogP contribution in [0.15, 0.2) is 12.1 Å². The Hall–Kier alpha value is -1.98. The Balaban J connectivity index is 1.60. The lowest BCUT2D eigenvalue weighted by Crippen LogP contribution is -2.50. The molecule has 186 valence electrons. The van der Waals surface area contributed by atoms with Crippen LogP contribution in [-0.4, -0.2) is 68.5 Å². The standard InChI is InChI=1S/C22H34F2N4O4S/c1-14-12-28(13-15(2)32-14)18-7-6-17(19(23)20(18)24)25-21(29)27-10-8-16(9-11-27)26-33(30,31)22(3,4)5/h6-7,14-16,26H,8-13H2,1-5H3,(H,25,29)/t14-,15+. The number of carbonyl (C=O) groups is 1. The van der Waals surface area contributed by atoms with Crippen molar-refractivity contribution in [2.75, 3.05) is 36.4 Å². The molecule has 0 saturated carbocycles. The lowest BCUT2D eigenvalue weighted by Gasteiger charge is -2.37. The minimum atomic E-state index is -3.49. The fraction of sp³-hybridized carbons (Fsp3) is 0.682. The number of nitrogens with zero attached hydrogens (tertiary/aromatic N) is 2. The number of urea groups is 1. The highest BCUT2D eigenvalue weighted by atomic mass is 32.2. The highest BCUT2D eigenvalue weighted by Crippen LogP contribution is 2.29. The Morgan fingerprint density at radius 2 is 1.64 bits per heavy atom. The maximum absolute atomic E-state index is 14.8. The van der Waals surface area contributed by atoms with Crippen LogP contribution < -0.4 is 14.9 Å². The summed E-state index contributed by atoms with van der Waals surface area (Å²) in [6, 6.07) is 2.00. The molecule has 2 aliphatic rings. The molecule has 2 amide bonds. The third-order valence-electron chi connectivity index (χ3n) is 5.97. The summed E-state index contributed by atoms with van der Waals surface area (Å²) in [6.45, 7) is 10.1. The van der Waals surface area contributed by atoms with Gasteiger partial charge in [0.05, 0.1) is 28.3 Å². The van der Waals surface area contributed by atoms with E-state index in [0.29, 0.717) is 39.0 Å². The zero-order valence-corrected chi connectivity index (χ0v) is 20.6. The van der Waals surface area contributed by atoms with Crippen molar-refractivity contribution in [1.29, 1.82) is 0 Å². The number of rotatable bonds is 4. The van der Waals surface area contributed by atoms with Gasteiger partial charge in [-0.3, -0.25) is 0 Å². The van der Waals surface area contributed by atoms with E-state index in [-0.39, 0.29) is 29.6 Å². The summed E-state index contributed by atoms with van der Waals surface area (Å²) in [4.78, 5) is 15.8. The zero-order chi connectivity index (χ0) is 24.6. The maximum Gasteiger partial charge on any atom is 0.321 e. The van der Waals surface area contributed by atoms with Gasteiger partial charge in [0, 0.05) is 32.2 Å². The van der Waals surface area contributed by atoms with Crippen LogP contribution in [-0.2, 0) is 14.8 Å². The Labute approximate surface area is 194 Å². The van der Waals surface area contributed by atoms with E-state index in [9.17, 15) is 22.0 Å². The Bertz CT molecular complexity index is 965. The molecule has 2 N–H and O–H groups in total. The van der Waals surface area contributed by atoms with Gasteiger partial charge in [-0.05, 0) is 59.6 Å². The number of hydrogen-bond acceptors (Lipinski definition) is 5. The molecule has 33 heavy (non-hydrogen) atoms. The Morgan fingerprint density at radius 3 is 2.18 bits per heavy atom. The van der Waals surface area contributed by atoms with Gasteiger partial charge in [-0.1, -0.05) is 0 Å². The van der Waals surface area contributed by atoms with Crippen LogP contribution in [0.1, 0.15) is 47.5 Å². The number of ether oxygens (including phenoxy) is 1. The van der Waals surface area contributed by atoms with Crippen molar-refractivity contribution in [2.24, 2.45) is 0 Å². The van der Waals surface area contributed by atoms with Crippen LogP contribution in [0, 0.1) is 11.6 Å². The number of amides is 2. The molecule has 0 aliphatic carbocycles. The average molecular weight is 489 g/mol. The van der Waals surface area contributed by atoms with Crippen molar-refractivity contribution in [2.45, 2.75) is 70.5 Å². The molecule has 8 nitrogen and oxygen atoms in total. The lowest BCUT2D eigenvalue weighted by molar-refractivity contribution is -0.00542. The van der Waals surface area contributed by atoms with Gasteiger partial charge < -0.3 is 19.9 Å². The van der Waals surface area contributed by atoms with Crippen molar-refractivity contribution in [1.82, 2.24) is 9.62 Å². The second-order valence-electron chi connectivity index (χ2n) is 9.85. The number of nitrogens with one attached hydrogen (secondary N) is 2. The summed E-state index contributed by atoms with van der Waals surface area (Å²) >= 11 is 0. The third kappa shape index (κ3) is 5.93. The van der Waals surface area contributed by atoms with Crippen molar-refractivity contribution >= 4 is 27.4 Å². The summed E-state index contributed by atoms with van der Waals surface area (Å²) in [5.74, 6) is -2.12. The first-order chi connectivity index (χ1) is 15.3. The van der Waals surface area contributed by atoms with Crippen molar-refractivity contribution in [3.8, 4) is 0 Å². The van der Waals surface area contributed by atoms with E-state index < -0.39 is 32.4 Å². The number of piperidine rings is 1. The van der Waals surface area contributed by atoms with Gasteiger partial charge in [0.2, 0.25) is 10.0 Å². The molecule has 1 aromatic rings. The number of likely N-dealkylation sites (tertiary alicyclic amines) is 1. The minimum absolute atomic E-state index is 0.105. The second kappa shape index (κ2) is 9.71. The van der Waals surface area contributed by atoms with Gasteiger partial charge in [-0.15, -0.1) is 0 Å². The van der Waals surface area contributed by atoms with Gasteiger partial charge in [-0.25, -0.2) is 26.7 Å². The van der Waals surface area contributed by atoms with Crippen LogP contribution in [0.5, 0.6) is 0 Å². The van der Waals surface area contributed by atoms with Gasteiger partial charge in [0.1, 0.15) is 0 Å². The predicted octanol–water partition coefficient (Wildman–Crippen LogP) is 3.29. The first kappa shape index (κ1) is 25.6. The highest BCUT2D eigenvalue weighted by molar-refractivity contribution is 7.90. The second-order valence-corrected chi connectivity index (χ2v) is 12.3. The van der Waals surface area contributed by atoms with Gasteiger partial charge >= 0.3 is 6.03 Å². The van der Waals surface area contributed by atoms with Crippen molar-refractivity contribution in [3.63, 3.8) is 0 Å². The van der Waals surface area contributed by atoms with E-state index in [1.807, 2.05) is 13.8 Å². The average Bonchev–Trinajstić information content (AvgIpc) is 2.70. The zero-order valence-electron chi connectivity index (χ0n) is 19.8. The van der Waals surface area contributed by atoms with E-state index in [0.717, 1.165) is 0 Å². The molecule has 0 aromatic heterocycles. The number of hydrogen-bond donors (Lipinski definition) is 2. The highest BCUT2D eigenvalue weighted by Gasteiger charge is 2.33. The fourth-order valence-corrected chi connectivity index (χ4v) is 5.07. The summed E-state index contributed by atoms with van der Waals surface area (Å²) in [5, 5.41) is 2.45. The maximum atomic E-state index is 14.8. The number of halogens is 2. The molecule has 0 unspecified atom stereocenters.